The van der Waals surface area contributed by atoms with Gasteiger partial charge < -0.3 is 9.47 Å². The average Bonchev–Trinajstić information content (AvgIpc) is 2.55. The molecule has 0 heterocycles. The van der Waals surface area contributed by atoms with Gasteiger partial charge in [-0.1, -0.05) is 19.8 Å². The van der Waals surface area contributed by atoms with Crippen molar-refractivity contribution in [2.75, 3.05) is 0 Å². The highest BCUT2D eigenvalue weighted by atomic mass is 19.2. The third kappa shape index (κ3) is 7.58. The molecule has 0 radical (unpaired) electrons. The number of carbonyl (C=O) groups excluding carboxylic acids is 2. The minimum absolute atomic E-state index is 0.0213. The van der Waals surface area contributed by atoms with Gasteiger partial charge in [-0.2, -0.15) is 4.39 Å². The van der Waals surface area contributed by atoms with E-state index < -0.39 is 35.1 Å². The van der Waals surface area contributed by atoms with E-state index in [-0.39, 0.29) is 25.4 Å². The zero-order chi connectivity index (χ0) is 18.8. The summed E-state index contributed by atoms with van der Waals surface area (Å²) >= 11 is 0. The van der Waals surface area contributed by atoms with E-state index in [0.717, 1.165) is 31.7 Å². The maximum absolute atomic E-state index is 13.4. The molecule has 0 N–H and O–H groups in total. The second-order valence-electron chi connectivity index (χ2n) is 5.80. The number of hydrogen-bond acceptors (Lipinski definition) is 4. The zero-order valence-electron chi connectivity index (χ0n) is 14.4. The molecule has 1 aromatic rings. The molecule has 1 rings (SSSR count). The SMILES string of the molecule is CCCCCC(C)OC(=O)CCCC(=O)Oc1ccc(F)c(F)c1F. The monoisotopic (exact) mass is 360 g/mol. The first-order chi connectivity index (χ1) is 11.8. The smallest absolute Gasteiger partial charge is 0.311 e. The van der Waals surface area contributed by atoms with Crippen molar-refractivity contribution in [1.29, 1.82) is 0 Å². The highest BCUT2D eigenvalue weighted by Gasteiger charge is 2.17. The molecule has 0 saturated carbocycles. The number of unbranched alkanes of at least 4 members (excludes halogenated alkanes) is 2. The molecule has 1 atom stereocenters. The summed E-state index contributed by atoms with van der Waals surface area (Å²) in [7, 11) is 0. The van der Waals surface area contributed by atoms with Crippen molar-refractivity contribution >= 4 is 11.9 Å². The highest BCUT2D eigenvalue weighted by molar-refractivity contribution is 5.74. The van der Waals surface area contributed by atoms with E-state index >= 15 is 0 Å². The minimum atomic E-state index is -1.70. The van der Waals surface area contributed by atoms with Gasteiger partial charge in [0.25, 0.3) is 0 Å². The van der Waals surface area contributed by atoms with Crippen molar-refractivity contribution in [3.8, 4) is 5.75 Å². The van der Waals surface area contributed by atoms with Gasteiger partial charge in [-0.3, -0.25) is 9.59 Å². The standard InChI is InChI=1S/C18H23F3O4/c1-3-4-5-7-12(2)24-15(22)8-6-9-16(23)25-14-11-10-13(19)17(20)18(14)21/h10-12H,3-9H2,1-2H3. The zero-order valence-corrected chi connectivity index (χ0v) is 14.4. The van der Waals surface area contributed by atoms with Gasteiger partial charge in [0.2, 0.25) is 5.82 Å². The molecule has 7 heteroatoms. The van der Waals surface area contributed by atoms with E-state index in [4.69, 9.17) is 4.74 Å². The van der Waals surface area contributed by atoms with Crippen LogP contribution in [0.5, 0.6) is 5.75 Å². The number of rotatable bonds is 10. The Labute approximate surface area is 145 Å². The molecule has 25 heavy (non-hydrogen) atoms. The molecule has 0 amide bonds. The third-order valence-corrected chi connectivity index (χ3v) is 3.53. The van der Waals surface area contributed by atoms with Crippen LogP contribution in [0, 0.1) is 17.5 Å². The van der Waals surface area contributed by atoms with Crippen LogP contribution in [-0.2, 0) is 14.3 Å². The third-order valence-electron chi connectivity index (χ3n) is 3.53. The molecule has 0 fully saturated rings. The van der Waals surface area contributed by atoms with Crippen molar-refractivity contribution in [3.63, 3.8) is 0 Å². The fourth-order valence-corrected chi connectivity index (χ4v) is 2.16. The van der Waals surface area contributed by atoms with Crippen LogP contribution in [0.25, 0.3) is 0 Å². The van der Waals surface area contributed by atoms with Gasteiger partial charge in [0.15, 0.2) is 17.4 Å². The molecule has 0 aliphatic heterocycles. The summed E-state index contributed by atoms with van der Waals surface area (Å²) in [5, 5.41) is 0. The Balaban J connectivity index is 2.30. The Bertz CT molecular complexity index is 590. The van der Waals surface area contributed by atoms with E-state index in [9.17, 15) is 22.8 Å². The minimum Gasteiger partial charge on any atom is -0.463 e. The van der Waals surface area contributed by atoms with Crippen LogP contribution in [0.3, 0.4) is 0 Å². The van der Waals surface area contributed by atoms with Gasteiger partial charge in [-0.25, -0.2) is 8.78 Å². The summed E-state index contributed by atoms with van der Waals surface area (Å²) in [6.45, 7) is 3.90. The first-order valence-electron chi connectivity index (χ1n) is 8.38. The Hall–Kier alpha value is -2.05. The van der Waals surface area contributed by atoms with Crippen molar-refractivity contribution in [3.05, 3.63) is 29.6 Å². The summed E-state index contributed by atoms with van der Waals surface area (Å²) in [6, 6.07) is 1.50. The van der Waals surface area contributed by atoms with Crippen LogP contribution in [0.15, 0.2) is 12.1 Å². The van der Waals surface area contributed by atoms with Crippen molar-refractivity contribution in [2.24, 2.45) is 0 Å². The number of ether oxygens (including phenoxy) is 2. The van der Waals surface area contributed by atoms with E-state index in [2.05, 4.69) is 11.7 Å². The second-order valence-corrected chi connectivity index (χ2v) is 5.80. The summed E-state index contributed by atoms with van der Waals surface area (Å²) in [5.74, 6) is -6.58. The second kappa shape index (κ2) is 10.7. The van der Waals surface area contributed by atoms with Gasteiger partial charge in [0.05, 0.1) is 6.10 Å². The number of carbonyl (C=O) groups is 2. The van der Waals surface area contributed by atoms with Crippen LogP contribution < -0.4 is 4.74 Å². The molecule has 0 aliphatic carbocycles. The van der Waals surface area contributed by atoms with Crippen LogP contribution in [0.4, 0.5) is 13.2 Å². The van der Waals surface area contributed by atoms with Crippen molar-refractivity contribution < 1.29 is 32.2 Å². The lowest BCUT2D eigenvalue weighted by Gasteiger charge is -2.12. The number of benzene rings is 1. The number of esters is 2. The molecular formula is C18H23F3O4. The molecule has 0 aliphatic rings. The largest absolute Gasteiger partial charge is 0.463 e. The lowest BCUT2D eigenvalue weighted by atomic mass is 10.1. The molecule has 0 saturated heterocycles. The van der Waals surface area contributed by atoms with E-state index in [1.165, 1.54) is 0 Å². The summed E-state index contributed by atoms with van der Waals surface area (Å²) in [4.78, 5) is 23.2. The van der Waals surface area contributed by atoms with Crippen LogP contribution >= 0.6 is 0 Å². The van der Waals surface area contributed by atoms with Crippen LogP contribution in [-0.4, -0.2) is 18.0 Å². The summed E-state index contributed by atoms with van der Waals surface area (Å²) in [5.41, 5.74) is 0. The topological polar surface area (TPSA) is 52.6 Å². The maximum Gasteiger partial charge on any atom is 0.311 e. The fraction of sp³-hybridized carbons (Fsp3) is 0.556. The number of halogens is 3. The maximum atomic E-state index is 13.4. The van der Waals surface area contributed by atoms with E-state index in [1.54, 1.807) is 0 Å². The van der Waals surface area contributed by atoms with Gasteiger partial charge in [-0.05, 0) is 38.3 Å². The van der Waals surface area contributed by atoms with E-state index in [1.807, 2.05) is 6.92 Å². The Morgan fingerprint density at radius 2 is 1.68 bits per heavy atom. The average molecular weight is 360 g/mol. The number of hydrogen-bond donors (Lipinski definition) is 0. The van der Waals surface area contributed by atoms with Crippen molar-refractivity contribution in [1.82, 2.24) is 0 Å². The lowest BCUT2D eigenvalue weighted by Crippen LogP contribution is -2.16. The lowest BCUT2D eigenvalue weighted by molar-refractivity contribution is -0.148. The normalized spacial score (nSPS) is 11.9. The first kappa shape index (κ1) is 21.0. The summed E-state index contributed by atoms with van der Waals surface area (Å²) < 4.78 is 49.0. The molecular weight excluding hydrogens is 337 g/mol. The Morgan fingerprint density at radius 3 is 2.36 bits per heavy atom. The van der Waals surface area contributed by atoms with E-state index in [0.29, 0.717) is 6.07 Å². The van der Waals surface area contributed by atoms with Crippen molar-refractivity contribution in [2.45, 2.75) is 64.9 Å². The van der Waals surface area contributed by atoms with Gasteiger partial charge in [0, 0.05) is 12.8 Å². The first-order valence-corrected chi connectivity index (χ1v) is 8.38. The quantitative estimate of drug-likeness (QED) is 0.263. The molecule has 0 aromatic heterocycles. The predicted molar refractivity (Wildman–Crippen MR) is 85.5 cm³/mol. The molecule has 1 unspecified atom stereocenters. The molecule has 0 spiro atoms. The molecule has 0 bridgehead atoms. The Kier molecular flexibility index (Phi) is 9.02. The van der Waals surface area contributed by atoms with Gasteiger partial charge in [-0.15, -0.1) is 0 Å². The van der Waals surface area contributed by atoms with Crippen LogP contribution in [0.2, 0.25) is 0 Å². The highest BCUT2D eigenvalue weighted by Crippen LogP contribution is 2.22. The predicted octanol–water partition coefficient (Wildman–Crippen LogP) is 4.69. The fourth-order valence-electron chi connectivity index (χ4n) is 2.16. The molecule has 4 nitrogen and oxygen atoms in total. The van der Waals surface area contributed by atoms with Gasteiger partial charge in [0.1, 0.15) is 0 Å². The Morgan fingerprint density at radius 1 is 1.00 bits per heavy atom. The van der Waals surface area contributed by atoms with Crippen LogP contribution in [0.1, 0.15) is 58.8 Å². The molecule has 1 aromatic carbocycles. The summed E-state index contributed by atoms with van der Waals surface area (Å²) in [6.07, 6.45) is 3.77. The van der Waals surface area contributed by atoms with Gasteiger partial charge >= 0.3 is 11.9 Å². The molecule has 140 valence electrons.